The first-order chi connectivity index (χ1) is 16.6. The first-order valence-corrected chi connectivity index (χ1v) is 12.5. The molecule has 0 unspecified atom stereocenters. The highest BCUT2D eigenvalue weighted by atomic mass is 16.5. The molecule has 6 nitrogen and oxygen atoms in total. The molecule has 3 heterocycles. The number of hydrogen-bond acceptors (Lipinski definition) is 6. The van der Waals surface area contributed by atoms with Crippen molar-refractivity contribution < 1.29 is 9.84 Å². The van der Waals surface area contributed by atoms with Gasteiger partial charge in [0, 0.05) is 29.7 Å². The molecule has 6 heteroatoms. The summed E-state index contributed by atoms with van der Waals surface area (Å²) in [6, 6.07) is 14.6. The molecule has 2 aliphatic rings. The maximum Gasteiger partial charge on any atom is 0.151 e. The van der Waals surface area contributed by atoms with Crippen molar-refractivity contribution in [2.24, 2.45) is 0 Å². The van der Waals surface area contributed by atoms with Gasteiger partial charge < -0.3 is 20.1 Å². The van der Waals surface area contributed by atoms with Crippen LogP contribution >= 0.6 is 0 Å². The van der Waals surface area contributed by atoms with E-state index in [9.17, 15) is 5.11 Å². The molecule has 2 aliphatic heterocycles. The molecule has 3 aromatic rings. The van der Waals surface area contributed by atoms with Crippen molar-refractivity contribution in [3.8, 4) is 17.0 Å². The molecule has 0 saturated carbocycles. The summed E-state index contributed by atoms with van der Waals surface area (Å²) in [5.74, 6) is 1.06. The third-order valence-corrected chi connectivity index (χ3v) is 7.29. The van der Waals surface area contributed by atoms with E-state index in [4.69, 9.17) is 4.74 Å². The molecule has 2 aromatic carbocycles. The zero-order chi connectivity index (χ0) is 24.8. The van der Waals surface area contributed by atoms with Crippen molar-refractivity contribution in [3.05, 3.63) is 54.1 Å². The van der Waals surface area contributed by atoms with Crippen molar-refractivity contribution in [1.29, 1.82) is 0 Å². The maximum absolute atomic E-state index is 10.8. The van der Waals surface area contributed by atoms with Gasteiger partial charge in [-0.3, -0.25) is 0 Å². The van der Waals surface area contributed by atoms with Crippen LogP contribution in [0.3, 0.4) is 0 Å². The van der Waals surface area contributed by atoms with Gasteiger partial charge in [0.25, 0.3) is 0 Å². The van der Waals surface area contributed by atoms with E-state index in [0.29, 0.717) is 23.9 Å². The highest BCUT2D eigenvalue weighted by molar-refractivity contribution is 5.92. The predicted octanol–water partition coefficient (Wildman–Crippen LogP) is 5.55. The first-order valence-electron chi connectivity index (χ1n) is 12.5. The molecule has 0 atom stereocenters. The first kappa shape index (κ1) is 23.8. The normalized spacial score (nSPS) is 20.0. The van der Waals surface area contributed by atoms with E-state index < -0.39 is 0 Å². The number of nitrogens with zero attached hydrogens (tertiary/aromatic N) is 3. The quantitative estimate of drug-likeness (QED) is 0.519. The van der Waals surface area contributed by atoms with Crippen LogP contribution in [0.2, 0.25) is 0 Å². The van der Waals surface area contributed by atoms with Gasteiger partial charge in [-0.1, -0.05) is 18.2 Å². The van der Waals surface area contributed by atoms with Crippen LogP contribution in [0.5, 0.6) is 5.75 Å². The lowest BCUT2D eigenvalue weighted by molar-refractivity contribution is 0.160. The predicted molar refractivity (Wildman–Crippen MR) is 143 cm³/mol. The Labute approximate surface area is 208 Å². The number of phenols is 1. The fourth-order valence-electron chi connectivity index (χ4n) is 5.87. The molecule has 184 valence electrons. The number of phenolic OH excluding ortho intramolecular Hbond substituents is 1. The van der Waals surface area contributed by atoms with Crippen molar-refractivity contribution in [3.63, 3.8) is 0 Å². The van der Waals surface area contributed by atoms with Crippen LogP contribution < -0.4 is 10.2 Å². The zero-order valence-corrected chi connectivity index (χ0v) is 21.4. The van der Waals surface area contributed by atoms with E-state index in [0.717, 1.165) is 42.5 Å². The van der Waals surface area contributed by atoms with Crippen molar-refractivity contribution in [2.45, 2.75) is 64.1 Å². The average molecular weight is 473 g/mol. The van der Waals surface area contributed by atoms with E-state index in [1.165, 1.54) is 11.1 Å². The number of hydrogen-bond donors (Lipinski definition) is 2. The smallest absolute Gasteiger partial charge is 0.151 e. The number of fused-ring (bicyclic) bond motifs is 1. The molecule has 0 aliphatic carbocycles. The lowest BCUT2D eigenvalue weighted by atomic mass is 9.79. The number of benzene rings is 2. The Morgan fingerprint density at radius 3 is 2.40 bits per heavy atom. The van der Waals surface area contributed by atoms with Gasteiger partial charge in [-0.05, 0) is 99.2 Å². The number of aromatic nitrogens is 2. The summed E-state index contributed by atoms with van der Waals surface area (Å²) >= 11 is 0. The Balaban J connectivity index is 1.39. The van der Waals surface area contributed by atoms with Gasteiger partial charge in [0.05, 0.1) is 18.9 Å². The zero-order valence-electron chi connectivity index (χ0n) is 21.4. The van der Waals surface area contributed by atoms with Crippen LogP contribution in [0.1, 0.15) is 52.5 Å². The number of aromatic hydroxyl groups is 1. The van der Waals surface area contributed by atoms with E-state index in [-0.39, 0.29) is 16.8 Å². The molecular formula is C29H36N4O2. The molecule has 1 fully saturated rings. The Morgan fingerprint density at radius 1 is 0.971 bits per heavy atom. The van der Waals surface area contributed by atoms with Gasteiger partial charge in [-0.25, -0.2) is 0 Å². The van der Waals surface area contributed by atoms with Crippen LogP contribution in [0.25, 0.3) is 27.6 Å². The van der Waals surface area contributed by atoms with Gasteiger partial charge in [0.1, 0.15) is 5.75 Å². The molecule has 1 aromatic heterocycles. The summed E-state index contributed by atoms with van der Waals surface area (Å²) in [5, 5.41) is 25.7. The number of nitrogens with one attached hydrogen (secondary N) is 1. The number of rotatable bonds is 4. The minimum atomic E-state index is 0.0616. The summed E-state index contributed by atoms with van der Waals surface area (Å²) in [7, 11) is 2.10. The molecule has 0 radical (unpaired) electrons. The largest absolute Gasteiger partial charge is 0.507 e. The van der Waals surface area contributed by atoms with E-state index in [2.05, 4.69) is 79.4 Å². The van der Waals surface area contributed by atoms with Crippen LogP contribution in [0.15, 0.2) is 48.5 Å². The minimum absolute atomic E-state index is 0.0616. The lowest BCUT2D eigenvalue weighted by Gasteiger charge is -2.49. The van der Waals surface area contributed by atoms with Gasteiger partial charge in [-0.15, -0.1) is 10.2 Å². The second kappa shape index (κ2) is 8.92. The minimum Gasteiger partial charge on any atom is -0.507 e. The molecule has 0 amide bonds. The van der Waals surface area contributed by atoms with E-state index in [1.54, 1.807) is 0 Å². The van der Waals surface area contributed by atoms with Crippen molar-refractivity contribution in [2.75, 3.05) is 25.2 Å². The standard InChI is InChI=1S/C29H36N4O2/c1-28(2)17-23(18-29(3,4)32-28)33(5)27-9-8-25(30-31-27)24-15-21-7-6-20(14-22(21)16-26(24)34)19-10-12-35-13-11-19/h6-10,14-16,23,32,34H,11-13,17-18H2,1-5H3. The maximum atomic E-state index is 10.8. The van der Waals surface area contributed by atoms with Crippen LogP contribution in [-0.2, 0) is 4.74 Å². The molecule has 35 heavy (non-hydrogen) atoms. The Kier molecular flexibility index (Phi) is 6.06. The third kappa shape index (κ3) is 5.04. The Morgan fingerprint density at radius 2 is 1.74 bits per heavy atom. The Hall–Kier alpha value is -2.96. The van der Waals surface area contributed by atoms with Crippen LogP contribution in [0.4, 0.5) is 5.82 Å². The second-order valence-electron chi connectivity index (χ2n) is 11.3. The van der Waals surface area contributed by atoms with Gasteiger partial charge in [0.15, 0.2) is 5.82 Å². The summed E-state index contributed by atoms with van der Waals surface area (Å²) in [5.41, 5.74) is 3.97. The second-order valence-corrected chi connectivity index (χ2v) is 11.3. The third-order valence-electron chi connectivity index (χ3n) is 7.29. The van der Waals surface area contributed by atoms with E-state index in [1.807, 2.05) is 24.3 Å². The van der Waals surface area contributed by atoms with E-state index >= 15 is 0 Å². The average Bonchev–Trinajstić information content (AvgIpc) is 2.81. The number of piperidine rings is 1. The fraction of sp³-hybridized carbons (Fsp3) is 0.448. The van der Waals surface area contributed by atoms with Crippen molar-refractivity contribution in [1.82, 2.24) is 15.5 Å². The van der Waals surface area contributed by atoms with Gasteiger partial charge in [0.2, 0.25) is 0 Å². The SMILES string of the molecule is CN(c1ccc(-c2cc3ccc(C4=CCOCC4)cc3cc2O)nn1)C1CC(C)(C)NC(C)(C)C1. The number of anilines is 1. The van der Waals surface area contributed by atoms with Crippen molar-refractivity contribution >= 4 is 22.2 Å². The summed E-state index contributed by atoms with van der Waals surface area (Å²) < 4.78 is 5.43. The van der Waals surface area contributed by atoms with Crippen LogP contribution in [-0.4, -0.2) is 52.7 Å². The number of ether oxygens (including phenoxy) is 1. The molecule has 0 spiro atoms. The van der Waals surface area contributed by atoms with Gasteiger partial charge >= 0.3 is 0 Å². The molecule has 0 bridgehead atoms. The monoisotopic (exact) mass is 472 g/mol. The van der Waals surface area contributed by atoms with Gasteiger partial charge in [-0.2, -0.15) is 0 Å². The Bertz CT molecular complexity index is 1250. The lowest BCUT2D eigenvalue weighted by Crippen LogP contribution is -2.62. The summed E-state index contributed by atoms with van der Waals surface area (Å²) in [4.78, 5) is 2.24. The topological polar surface area (TPSA) is 70.5 Å². The molecular weight excluding hydrogens is 436 g/mol. The van der Waals surface area contributed by atoms with Crippen LogP contribution in [0, 0.1) is 0 Å². The summed E-state index contributed by atoms with van der Waals surface area (Å²) in [6.07, 6.45) is 5.12. The fourth-order valence-corrected chi connectivity index (χ4v) is 5.87. The molecule has 1 saturated heterocycles. The highest BCUT2D eigenvalue weighted by Crippen LogP contribution is 2.36. The highest BCUT2D eigenvalue weighted by Gasteiger charge is 2.39. The molecule has 5 rings (SSSR count). The molecule has 2 N–H and O–H groups in total. The summed E-state index contributed by atoms with van der Waals surface area (Å²) in [6.45, 7) is 10.5.